The average molecular weight is 393 g/mol. The number of anilines is 1. The van der Waals surface area contributed by atoms with Crippen LogP contribution in [0.4, 0.5) is 5.69 Å². The Bertz CT molecular complexity index is 1040. The fraction of sp³-hybridized carbons (Fsp3) is 0.0909. The molecule has 0 unspecified atom stereocenters. The van der Waals surface area contributed by atoms with Gasteiger partial charge in [-0.2, -0.15) is 0 Å². The summed E-state index contributed by atoms with van der Waals surface area (Å²) in [5.74, 6) is -0.181. The minimum absolute atomic E-state index is 0.0773. The van der Waals surface area contributed by atoms with Crippen LogP contribution in [0.5, 0.6) is 0 Å². The summed E-state index contributed by atoms with van der Waals surface area (Å²) in [6.45, 7) is 0.0773. The predicted octanol–water partition coefficient (Wildman–Crippen LogP) is 4.35. The fourth-order valence-corrected chi connectivity index (χ4v) is 3.36. The van der Waals surface area contributed by atoms with E-state index in [1.807, 2.05) is 30.3 Å². The highest BCUT2D eigenvalue weighted by Gasteiger charge is 2.41. The quantitative estimate of drug-likeness (QED) is 0.606. The summed E-state index contributed by atoms with van der Waals surface area (Å²) in [4.78, 5) is 29.4. The molecule has 28 heavy (non-hydrogen) atoms. The number of furan rings is 1. The molecule has 0 atom stereocenters. The molecule has 0 radical (unpaired) electrons. The van der Waals surface area contributed by atoms with Crippen molar-refractivity contribution in [3.05, 3.63) is 95.0 Å². The van der Waals surface area contributed by atoms with Crippen molar-refractivity contribution < 1.29 is 14.0 Å². The molecule has 1 aliphatic heterocycles. The lowest BCUT2D eigenvalue weighted by Gasteiger charge is -2.21. The van der Waals surface area contributed by atoms with Crippen LogP contribution < -0.4 is 4.90 Å². The van der Waals surface area contributed by atoms with Crippen molar-refractivity contribution in [2.75, 3.05) is 11.9 Å². The Morgan fingerprint density at radius 2 is 1.64 bits per heavy atom. The monoisotopic (exact) mass is 392 g/mol. The fourth-order valence-electron chi connectivity index (χ4n) is 3.23. The lowest BCUT2D eigenvalue weighted by Crippen LogP contribution is -2.33. The van der Waals surface area contributed by atoms with Crippen molar-refractivity contribution in [1.82, 2.24) is 4.90 Å². The van der Waals surface area contributed by atoms with E-state index in [1.54, 1.807) is 48.3 Å². The van der Waals surface area contributed by atoms with E-state index in [-0.39, 0.29) is 18.4 Å². The summed E-state index contributed by atoms with van der Waals surface area (Å²) in [6, 6.07) is 19.8. The molecule has 140 valence electrons. The molecule has 2 amide bonds. The van der Waals surface area contributed by atoms with Crippen LogP contribution in [0.1, 0.15) is 11.3 Å². The first-order valence-electron chi connectivity index (χ1n) is 8.74. The van der Waals surface area contributed by atoms with Crippen LogP contribution in [0, 0.1) is 0 Å². The van der Waals surface area contributed by atoms with E-state index in [0.717, 1.165) is 5.69 Å². The second-order valence-electron chi connectivity index (χ2n) is 6.40. The van der Waals surface area contributed by atoms with Crippen molar-refractivity contribution in [3.8, 4) is 0 Å². The zero-order valence-corrected chi connectivity index (χ0v) is 15.9. The minimum atomic E-state index is -0.363. The molecule has 1 aromatic heterocycles. The number of amides is 2. The van der Waals surface area contributed by atoms with E-state index < -0.39 is 0 Å². The summed E-state index contributed by atoms with van der Waals surface area (Å²) in [6.07, 6.45) is 1.52. The maximum absolute atomic E-state index is 13.2. The molecule has 2 heterocycles. The normalized spacial score (nSPS) is 14.1. The van der Waals surface area contributed by atoms with E-state index in [0.29, 0.717) is 27.6 Å². The third kappa shape index (κ3) is 3.21. The highest BCUT2D eigenvalue weighted by molar-refractivity contribution is 6.37. The van der Waals surface area contributed by atoms with Gasteiger partial charge in [-0.25, -0.2) is 0 Å². The number of benzene rings is 2. The van der Waals surface area contributed by atoms with Gasteiger partial charge in [0.15, 0.2) is 0 Å². The van der Waals surface area contributed by atoms with Crippen LogP contribution in [-0.4, -0.2) is 23.8 Å². The second kappa shape index (κ2) is 7.37. The number of halogens is 1. The molecular weight excluding hydrogens is 376 g/mol. The zero-order chi connectivity index (χ0) is 19.7. The third-order valence-electron chi connectivity index (χ3n) is 4.65. The average Bonchev–Trinajstić information content (AvgIpc) is 3.31. The second-order valence-corrected chi connectivity index (χ2v) is 6.84. The molecule has 0 saturated heterocycles. The molecule has 0 saturated carbocycles. The molecule has 0 spiro atoms. The van der Waals surface area contributed by atoms with Crippen LogP contribution in [0.2, 0.25) is 5.02 Å². The van der Waals surface area contributed by atoms with Gasteiger partial charge in [0.1, 0.15) is 11.5 Å². The Morgan fingerprint density at radius 3 is 2.29 bits per heavy atom. The standard InChI is InChI=1S/C22H17ClN2O3/c1-24(17-6-3-2-4-7-17)20-19(15-9-11-16(23)12-10-15)21(26)25(22(20)27)14-18-8-5-13-28-18/h2-13H,14H2,1H3. The Balaban J connectivity index is 1.80. The van der Waals surface area contributed by atoms with E-state index in [1.165, 1.54) is 11.2 Å². The van der Waals surface area contributed by atoms with Gasteiger partial charge in [-0.3, -0.25) is 14.5 Å². The van der Waals surface area contributed by atoms with Gasteiger partial charge >= 0.3 is 0 Å². The van der Waals surface area contributed by atoms with Gasteiger partial charge in [0.2, 0.25) is 0 Å². The Morgan fingerprint density at radius 1 is 0.929 bits per heavy atom. The molecule has 1 aliphatic rings. The number of carbonyl (C=O) groups is 2. The molecule has 0 N–H and O–H groups in total. The minimum Gasteiger partial charge on any atom is -0.467 e. The first kappa shape index (κ1) is 18.1. The molecule has 6 heteroatoms. The van der Waals surface area contributed by atoms with Crippen LogP contribution in [0.15, 0.2) is 83.1 Å². The van der Waals surface area contributed by atoms with Crippen molar-refractivity contribution in [3.63, 3.8) is 0 Å². The molecule has 0 bridgehead atoms. The molecule has 0 fully saturated rings. The maximum Gasteiger partial charge on any atom is 0.278 e. The van der Waals surface area contributed by atoms with Crippen molar-refractivity contribution in [2.45, 2.75) is 6.54 Å². The lowest BCUT2D eigenvalue weighted by molar-refractivity contribution is -0.137. The first-order valence-corrected chi connectivity index (χ1v) is 9.11. The van der Waals surface area contributed by atoms with Gasteiger partial charge in [-0.05, 0) is 42.0 Å². The predicted molar refractivity (Wildman–Crippen MR) is 107 cm³/mol. The van der Waals surface area contributed by atoms with E-state index >= 15 is 0 Å². The number of para-hydroxylation sites is 1. The van der Waals surface area contributed by atoms with Crippen LogP contribution in [0.3, 0.4) is 0 Å². The zero-order valence-electron chi connectivity index (χ0n) is 15.1. The highest BCUT2D eigenvalue weighted by atomic mass is 35.5. The van der Waals surface area contributed by atoms with Crippen molar-refractivity contribution in [2.24, 2.45) is 0 Å². The Hall–Kier alpha value is -3.31. The lowest BCUT2D eigenvalue weighted by atomic mass is 10.0. The molecule has 4 rings (SSSR count). The van der Waals surface area contributed by atoms with E-state index in [2.05, 4.69) is 0 Å². The summed E-state index contributed by atoms with van der Waals surface area (Å²) in [5.41, 5.74) is 2.12. The number of hydrogen-bond donors (Lipinski definition) is 0. The summed E-state index contributed by atoms with van der Waals surface area (Å²) in [7, 11) is 1.78. The third-order valence-corrected chi connectivity index (χ3v) is 4.90. The van der Waals surface area contributed by atoms with E-state index in [9.17, 15) is 9.59 Å². The van der Waals surface area contributed by atoms with Gasteiger partial charge < -0.3 is 9.32 Å². The van der Waals surface area contributed by atoms with Gasteiger partial charge in [-0.1, -0.05) is 41.9 Å². The first-order chi connectivity index (χ1) is 13.6. The summed E-state index contributed by atoms with van der Waals surface area (Å²) < 4.78 is 5.33. The number of nitrogens with zero attached hydrogens (tertiary/aromatic N) is 2. The molecule has 2 aromatic carbocycles. The summed E-state index contributed by atoms with van der Waals surface area (Å²) in [5, 5.41) is 0.562. The van der Waals surface area contributed by atoms with Crippen LogP contribution >= 0.6 is 11.6 Å². The van der Waals surface area contributed by atoms with E-state index in [4.69, 9.17) is 16.0 Å². The van der Waals surface area contributed by atoms with Crippen LogP contribution in [0.25, 0.3) is 5.57 Å². The smallest absolute Gasteiger partial charge is 0.278 e. The maximum atomic E-state index is 13.2. The van der Waals surface area contributed by atoms with Crippen molar-refractivity contribution >= 4 is 34.7 Å². The Kier molecular flexibility index (Phi) is 4.75. The summed E-state index contributed by atoms with van der Waals surface area (Å²) >= 11 is 6.00. The Labute approximate surface area is 167 Å². The molecule has 3 aromatic rings. The van der Waals surface area contributed by atoms with Gasteiger partial charge in [0.05, 0.1) is 18.4 Å². The number of rotatable bonds is 5. The van der Waals surface area contributed by atoms with Crippen molar-refractivity contribution in [1.29, 1.82) is 0 Å². The van der Waals surface area contributed by atoms with Crippen LogP contribution in [-0.2, 0) is 16.1 Å². The van der Waals surface area contributed by atoms with Gasteiger partial charge in [0.25, 0.3) is 11.8 Å². The molecular formula is C22H17ClN2O3. The number of likely N-dealkylation sites (N-methyl/N-ethyl adjacent to an activating group) is 1. The molecule has 5 nitrogen and oxygen atoms in total. The topological polar surface area (TPSA) is 53.8 Å². The van der Waals surface area contributed by atoms with Gasteiger partial charge in [0, 0.05) is 17.8 Å². The number of carbonyl (C=O) groups excluding carboxylic acids is 2. The largest absolute Gasteiger partial charge is 0.467 e. The molecule has 0 aliphatic carbocycles. The van der Waals surface area contributed by atoms with Gasteiger partial charge in [-0.15, -0.1) is 0 Å². The highest BCUT2D eigenvalue weighted by Crippen LogP contribution is 2.34. The number of imide groups is 1. The number of hydrogen-bond acceptors (Lipinski definition) is 4. The SMILES string of the molecule is CN(C1=C(c2ccc(Cl)cc2)C(=O)N(Cc2ccco2)C1=O)c1ccccc1.